The van der Waals surface area contributed by atoms with Crippen molar-refractivity contribution in [3.63, 3.8) is 0 Å². The number of ether oxygens (including phenoxy) is 1. The normalized spacial score (nSPS) is 14.8. The van der Waals surface area contributed by atoms with Crippen LogP contribution in [0.1, 0.15) is 40.4 Å². The Kier molecular flexibility index (Phi) is 7.10. The van der Waals surface area contributed by atoms with E-state index in [1.807, 2.05) is 19.1 Å². The molecule has 5 nitrogen and oxygen atoms in total. The highest BCUT2D eigenvalue weighted by Gasteiger charge is 2.30. The molecule has 2 N–H and O–H groups in total. The molecule has 8 heteroatoms. The number of benzene rings is 3. The zero-order valence-electron chi connectivity index (χ0n) is 19.1. The Balaban J connectivity index is 1.47. The van der Waals surface area contributed by atoms with Gasteiger partial charge in [-0.1, -0.05) is 43.3 Å². The summed E-state index contributed by atoms with van der Waals surface area (Å²) >= 11 is 0. The topological polar surface area (TPSA) is 67.4 Å². The van der Waals surface area contributed by atoms with Crippen LogP contribution in [0.4, 0.5) is 23.7 Å². The van der Waals surface area contributed by atoms with Gasteiger partial charge in [-0.05, 0) is 71.8 Å². The molecule has 1 aliphatic carbocycles. The molecule has 35 heavy (non-hydrogen) atoms. The molecule has 3 aromatic rings. The van der Waals surface area contributed by atoms with E-state index in [4.69, 9.17) is 4.74 Å². The predicted octanol–water partition coefficient (Wildman–Crippen LogP) is 6.23. The third-order valence-electron chi connectivity index (χ3n) is 5.85. The molecule has 0 bridgehead atoms. The smallest absolute Gasteiger partial charge is 0.416 e. The van der Waals surface area contributed by atoms with E-state index >= 15 is 0 Å². The molecule has 1 aliphatic rings. The first-order valence-corrected chi connectivity index (χ1v) is 11.4. The van der Waals surface area contributed by atoms with Gasteiger partial charge >= 0.3 is 12.3 Å². The summed E-state index contributed by atoms with van der Waals surface area (Å²) in [6.45, 7) is 2.30. The lowest BCUT2D eigenvalue weighted by molar-refractivity contribution is -0.137. The van der Waals surface area contributed by atoms with E-state index in [0.717, 1.165) is 29.7 Å². The highest BCUT2D eigenvalue weighted by molar-refractivity contribution is 6.08. The first kappa shape index (κ1) is 24.3. The maximum absolute atomic E-state index is 13.1. The van der Waals surface area contributed by atoms with Crippen LogP contribution in [-0.2, 0) is 23.8 Å². The molecule has 4 rings (SSSR count). The Morgan fingerprint density at radius 3 is 2.40 bits per heavy atom. The van der Waals surface area contributed by atoms with Gasteiger partial charge < -0.3 is 15.4 Å². The van der Waals surface area contributed by atoms with Crippen LogP contribution in [0.5, 0.6) is 0 Å². The number of anilines is 1. The molecule has 0 saturated carbocycles. The lowest BCUT2D eigenvalue weighted by Gasteiger charge is -2.12. The minimum atomic E-state index is -4.42. The Labute approximate surface area is 201 Å². The highest BCUT2D eigenvalue weighted by Crippen LogP contribution is 2.32. The number of alkyl halides is 3. The zero-order chi connectivity index (χ0) is 25.0. The molecule has 1 atom stereocenters. The summed E-state index contributed by atoms with van der Waals surface area (Å²) in [6, 6.07) is 17.1. The van der Waals surface area contributed by atoms with Crippen molar-refractivity contribution in [1.29, 1.82) is 0 Å². The molecule has 3 aromatic carbocycles. The Hall–Kier alpha value is -3.81. The predicted molar refractivity (Wildman–Crippen MR) is 127 cm³/mol. The summed E-state index contributed by atoms with van der Waals surface area (Å²) in [4.78, 5) is 24.9. The van der Waals surface area contributed by atoms with Crippen molar-refractivity contribution in [2.24, 2.45) is 0 Å². The van der Waals surface area contributed by atoms with Gasteiger partial charge in [0.15, 0.2) is 0 Å². The van der Waals surface area contributed by atoms with Crippen molar-refractivity contribution in [3.05, 3.63) is 89.0 Å². The van der Waals surface area contributed by atoms with Gasteiger partial charge in [0.05, 0.1) is 12.2 Å². The average molecular weight is 483 g/mol. The molecule has 1 unspecified atom stereocenters. The van der Waals surface area contributed by atoms with Gasteiger partial charge in [0, 0.05) is 17.3 Å². The average Bonchev–Trinajstić information content (AvgIpc) is 3.23. The number of hydrogen-bond donors (Lipinski definition) is 2. The number of alkyl carbamates (subject to hydrolysis) is 1. The van der Waals surface area contributed by atoms with Crippen LogP contribution in [0.3, 0.4) is 0 Å². The number of amides is 2. The lowest BCUT2D eigenvalue weighted by Crippen LogP contribution is -2.35. The molecule has 2 amide bonds. The first-order chi connectivity index (χ1) is 16.7. The molecule has 0 saturated heterocycles. The molecule has 182 valence electrons. The van der Waals surface area contributed by atoms with E-state index in [-0.39, 0.29) is 11.9 Å². The monoisotopic (exact) mass is 482 g/mol. The fourth-order valence-corrected chi connectivity index (χ4v) is 4.17. The molecular weight excluding hydrogens is 457 g/mol. The molecule has 0 spiro atoms. The molecular formula is C27H25F3N2O3. The van der Waals surface area contributed by atoms with E-state index in [2.05, 4.69) is 10.6 Å². The maximum Gasteiger partial charge on any atom is 0.416 e. The van der Waals surface area contributed by atoms with Gasteiger partial charge in [-0.25, -0.2) is 4.79 Å². The van der Waals surface area contributed by atoms with Crippen LogP contribution >= 0.6 is 0 Å². The minimum absolute atomic E-state index is 0.0688. The first-order valence-electron chi connectivity index (χ1n) is 11.4. The van der Waals surface area contributed by atoms with Gasteiger partial charge in [-0.2, -0.15) is 13.2 Å². The van der Waals surface area contributed by atoms with Crippen LogP contribution in [-0.4, -0.2) is 24.6 Å². The van der Waals surface area contributed by atoms with E-state index in [9.17, 15) is 22.8 Å². The fourth-order valence-electron chi connectivity index (χ4n) is 4.17. The Bertz CT molecular complexity index is 1220. The Morgan fingerprint density at radius 2 is 1.69 bits per heavy atom. The third-order valence-corrected chi connectivity index (χ3v) is 5.85. The number of nitrogens with one attached hydrogen (secondary N) is 2. The van der Waals surface area contributed by atoms with Crippen LogP contribution in [0.25, 0.3) is 11.1 Å². The fraction of sp³-hybridized carbons (Fsp3) is 0.259. The largest absolute Gasteiger partial charge is 0.450 e. The van der Waals surface area contributed by atoms with Crippen molar-refractivity contribution >= 4 is 17.7 Å². The summed E-state index contributed by atoms with van der Waals surface area (Å²) in [7, 11) is 0. The highest BCUT2D eigenvalue weighted by atomic mass is 19.4. The van der Waals surface area contributed by atoms with Crippen LogP contribution in [0.15, 0.2) is 66.7 Å². The number of fused-ring (bicyclic) bond motifs is 1. The van der Waals surface area contributed by atoms with Crippen molar-refractivity contribution in [1.82, 2.24) is 5.32 Å². The number of carbonyl (C=O) groups excluding carboxylic acids is 2. The SMILES string of the molecule is CCCOC(=O)NC1Cc2ccc(NC(=O)c3ccccc3-c3ccc(C(F)(F)F)cc3)cc2C1. The summed E-state index contributed by atoms with van der Waals surface area (Å²) < 4.78 is 43.8. The van der Waals surface area contributed by atoms with Gasteiger partial charge in [-0.15, -0.1) is 0 Å². The van der Waals surface area contributed by atoms with E-state index < -0.39 is 17.8 Å². The third kappa shape index (κ3) is 5.82. The van der Waals surface area contributed by atoms with Crippen molar-refractivity contribution < 1.29 is 27.5 Å². The second kappa shape index (κ2) is 10.2. The maximum atomic E-state index is 13.1. The van der Waals surface area contributed by atoms with Gasteiger partial charge in [-0.3, -0.25) is 4.79 Å². The standard InChI is InChI=1S/C27H25F3N2O3/c1-2-13-35-26(34)32-22-14-18-9-12-21(15-19(18)16-22)31-25(33)24-6-4-3-5-23(24)17-7-10-20(11-8-17)27(28,29)30/h3-12,15,22H,2,13-14,16H2,1H3,(H,31,33)(H,32,34). The van der Waals surface area contributed by atoms with E-state index in [0.29, 0.717) is 41.8 Å². The summed E-state index contributed by atoms with van der Waals surface area (Å²) in [5.41, 5.74) is 3.38. The molecule has 0 heterocycles. The van der Waals surface area contributed by atoms with Gasteiger partial charge in [0.25, 0.3) is 5.91 Å². The summed E-state index contributed by atoms with van der Waals surface area (Å²) in [5, 5.41) is 5.75. The minimum Gasteiger partial charge on any atom is -0.450 e. The van der Waals surface area contributed by atoms with Crippen molar-refractivity contribution in [2.45, 2.75) is 38.4 Å². The molecule has 0 fully saturated rings. The van der Waals surface area contributed by atoms with E-state index in [1.165, 1.54) is 12.1 Å². The Morgan fingerprint density at radius 1 is 0.971 bits per heavy atom. The second-order valence-electron chi connectivity index (χ2n) is 8.44. The quantitative estimate of drug-likeness (QED) is 0.438. The number of halogens is 3. The lowest BCUT2D eigenvalue weighted by atomic mass is 9.98. The van der Waals surface area contributed by atoms with Crippen LogP contribution < -0.4 is 10.6 Å². The molecule has 0 radical (unpaired) electrons. The number of carbonyl (C=O) groups is 2. The molecule has 0 aliphatic heterocycles. The summed E-state index contributed by atoms with van der Waals surface area (Å²) in [6.07, 6.45) is -2.79. The number of rotatable bonds is 6. The van der Waals surface area contributed by atoms with Crippen LogP contribution in [0.2, 0.25) is 0 Å². The molecule has 0 aromatic heterocycles. The van der Waals surface area contributed by atoms with Crippen LogP contribution in [0, 0.1) is 0 Å². The van der Waals surface area contributed by atoms with Gasteiger partial charge in [0.2, 0.25) is 0 Å². The number of hydrogen-bond acceptors (Lipinski definition) is 3. The van der Waals surface area contributed by atoms with Gasteiger partial charge in [0.1, 0.15) is 0 Å². The van der Waals surface area contributed by atoms with E-state index in [1.54, 1.807) is 30.3 Å². The second-order valence-corrected chi connectivity index (χ2v) is 8.44. The van der Waals surface area contributed by atoms with Crippen molar-refractivity contribution in [3.8, 4) is 11.1 Å². The van der Waals surface area contributed by atoms with Crippen molar-refractivity contribution in [2.75, 3.05) is 11.9 Å². The zero-order valence-corrected chi connectivity index (χ0v) is 19.1. The summed E-state index contributed by atoms with van der Waals surface area (Å²) in [5.74, 6) is -0.365.